The lowest BCUT2D eigenvalue weighted by Crippen LogP contribution is -2.14. The van der Waals surface area contributed by atoms with Crippen molar-refractivity contribution < 1.29 is 18.7 Å². The minimum atomic E-state index is -0.953. The van der Waals surface area contributed by atoms with Crippen LogP contribution in [-0.4, -0.2) is 18.3 Å². The molecule has 124 valence electrons. The number of nitrogens with zero attached hydrogens (tertiary/aromatic N) is 1. The van der Waals surface area contributed by atoms with E-state index in [0.717, 1.165) is 0 Å². The Hall–Kier alpha value is -3.61. The SMILES string of the molecule is O=NC(=O)COc1ccc2cc(C(=O)c3ccccc3)c(=O)oc2c1. The summed E-state index contributed by atoms with van der Waals surface area (Å²) < 4.78 is 10.3. The molecule has 0 N–H and O–H groups in total. The molecular weight excluding hydrogens is 326 g/mol. The van der Waals surface area contributed by atoms with Crippen LogP contribution in [0.4, 0.5) is 0 Å². The standard InChI is InChI=1S/C18H11NO6/c20-16(19-23)10-24-13-7-6-12-8-14(18(22)25-15(12)9-13)17(21)11-4-2-1-3-5-11/h1-9H,10H2. The third kappa shape index (κ3) is 3.50. The molecule has 1 amide bonds. The molecule has 0 atom stereocenters. The second-order valence-electron chi connectivity index (χ2n) is 5.12. The van der Waals surface area contributed by atoms with Crippen LogP contribution in [0.1, 0.15) is 15.9 Å². The maximum absolute atomic E-state index is 12.4. The number of fused-ring (bicyclic) bond motifs is 1. The Morgan fingerprint density at radius 2 is 1.80 bits per heavy atom. The summed E-state index contributed by atoms with van der Waals surface area (Å²) in [5.74, 6) is -1.15. The first kappa shape index (κ1) is 16.3. The second-order valence-corrected chi connectivity index (χ2v) is 5.12. The third-order valence-corrected chi connectivity index (χ3v) is 3.45. The van der Waals surface area contributed by atoms with Crippen molar-refractivity contribution in [1.82, 2.24) is 0 Å². The molecule has 25 heavy (non-hydrogen) atoms. The fraction of sp³-hybridized carbons (Fsp3) is 0.0556. The Bertz CT molecular complexity index is 1020. The van der Waals surface area contributed by atoms with E-state index in [1.807, 2.05) is 0 Å². The van der Waals surface area contributed by atoms with Crippen LogP contribution in [0.5, 0.6) is 5.75 Å². The summed E-state index contributed by atoms with van der Waals surface area (Å²) in [5.41, 5.74) is -0.274. The predicted octanol–water partition coefficient (Wildman–Crippen LogP) is 2.70. The van der Waals surface area contributed by atoms with Crippen LogP contribution < -0.4 is 10.4 Å². The molecule has 0 aliphatic carbocycles. The van der Waals surface area contributed by atoms with Crippen LogP contribution in [0.3, 0.4) is 0 Å². The molecule has 3 aromatic rings. The number of ether oxygens (including phenoxy) is 1. The highest BCUT2D eigenvalue weighted by atomic mass is 16.5. The van der Waals surface area contributed by atoms with Crippen LogP contribution in [0, 0.1) is 4.91 Å². The van der Waals surface area contributed by atoms with Gasteiger partial charge in [0.15, 0.2) is 12.4 Å². The number of nitroso groups, excluding NO2 is 1. The van der Waals surface area contributed by atoms with E-state index in [0.29, 0.717) is 10.9 Å². The van der Waals surface area contributed by atoms with Gasteiger partial charge in [-0.1, -0.05) is 30.3 Å². The summed E-state index contributed by atoms with van der Waals surface area (Å²) in [4.78, 5) is 45.4. The number of hydrogen-bond donors (Lipinski definition) is 0. The van der Waals surface area contributed by atoms with Crippen LogP contribution in [0.2, 0.25) is 0 Å². The molecular formula is C18H11NO6. The Balaban J connectivity index is 1.95. The molecule has 0 aliphatic heterocycles. The van der Waals surface area contributed by atoms with E-state index >= 15 is 0 Å². The fourth-order valence-electron chi connectivity index (χ4n) is 2.26. The Morgan fingerprint density at radius 3 is 2.52 bits per heavy atom. The molecule has 0 spiro atoms. The second kappa shape index (κ2) is 6.88. The monoisotopic (exact) mass is 337 g/mol. The van der Waals surface area contributed by atoms with Gasteiger partial charge < -0.3 is 9.15 Å². The van der Waals surface area contributed by atoms with E-state index in [4.69, 9.17) is 9.15 Å². The lowest BCUT2D eigenvalue weighted by atomic mass is 10.0. The van der Waals surface area contributed by atoms with Gasteiger partial charge >= 0.3 is 11.5 Å². The number of carbonyl (C=O) groups excluding carboxylic acids is 2. The number of amides is 1. The summed E-state index contributed by atoms with van der Waals surface area (Å²) in [7, 11) is 0. The number of ketones is 1. The van der Waals surface area contributed by atoms with E-state index in [9.17, 15) is 19.3 Å². The van der Waals surface area contributed by atoms with Crippen molar-refractivity contribution in [3.05, 3.63) is 81.1 Å². The Labute approximate surface area is 140 Å². The molecule has 0 radical (unpaired) electrons. The van der Waals surface area contributed by atoms with Gasteiger partial charge in [-0.3, -0.25) is 9.59 Å². The predicted molar refractivity (Wildman–Crippen MR) is 88.7 cm³/mol. The van der Waals surface area contributed by atoms with E-state index in [2.05, 4.69) is 5.18 Å². The molecule has 0 saturated heterocycles. The lowest BCUT2D eigenvalue weighted by Gasteiger charge is -2.05. The zero-order valence-electron chi connectivity index (χ0n) is 12.8. The normalized spacial score (nSPS) is 10.4. The van der Waals surface area contributed by atoms with E-state index in [1.54, 1.807) is 36.4 Å². The summed E-state index contributed by atoms with van der Waals surface area (Å²) in [6, 6.07) is 14.3. The molecule has 7 heteroatoms. The maximum atomic E-state index is 12.4. The first-order valence-corrected chi connectivity index (χ1v) is 7.25. The van der Waals surface area contributed by atoms with Crippen molar-refractivity contribution >= 4 is 22.7 Å². The molecule has 1 aromatic heterocycles. The molecule has 2 aromatic carbocycles. The summed E-state index contributed by atoms with van der Waals surface area (Å²) in [5, 5.41) is 2.73. The molecule has 1 heterocycles. The highest BCUT2D eigenvalue weighted by Gasteiger charge is 2.16. The number of carbonyl (C=O) groups is 2. The summed E-state index contributed by atoms with van der Waals surface area (Å²) >= 11 is 0. The third-order valence-electron chi connectivity index (χ3n) is 3.45. The highest BCUT2D eigenvalue weighted by Crippen LogP contribution is 2.21. The molecule has 0 saturated carbocycles. The molecule has 3 rings (SSSR count). The van der Waals surface area contributed by atoms with Crippen LogP contribution >= 0.6 is 0 Å². The first-order valence-electron chi connectivity index (χ1n) is 7.25. The van der Waals surface area contributed by atoms with Crippen LogP contribution in [-0.2, 0) is 4.79 Å². The van der Waals surface area contributed by atoms with Gasteiger partial charge in [-0.2, -0.15) is 0 Å². The van der Waals surface area contributed by atoms with Gasteiger partial charge in [0.25, 0.3) is 0 Å². The van der Waals surface area contributed by atoms with Crippen molar-refractivity contribution in [1.29, 1.82) is 0 Å². The minimum absolute atomic E-state index is 0.0762. The van der Waals surface area contributed by atoms with E-state index < -0.39 is 23.9 Å². The number of hydrogen-bond acceptors (Lipinski definition) is 6. The molecule has 0 aliphatic rings. The van der Waals surface area contributed by atoms with Gasteiger partial charge in [-0.05, 0) is 18.2 Å². The van der Waals surface area contributed by atoms with Crippen molar-refractivity contribution in [2.75, 3.05) is 6.61 Å². The quantitative estimate of drug-likeness (QED) is 0.403. The Kier molecular flexibility index (Phi) is 4.47. The first-order chi connectivity index (χ1) is 12.1. The van der Waals surface area contributed by atoms with E-state index in [-0.39, 0.29) is 16.9 Å². The van der Waals surface area contributed by atoms with Gasteiger partial charge in [-0.15, -0.1) is 4.91 Å². The van der Waals surface area contributed by atoms with Crippen molar-refractivity contribution in [3.8, 4) is 5.75 Å². The van der Waals surface area contributed by atoms with Crippen molar-refractivity contribution in [3.63, 3.8) is 0 Å². The van der Waals surface area contributed by atoms with Crippen molar-refractivity contribution in [2.24, 2.45) is 5.18 Å². The topological polar surface area (TPSA) is 103 Å². The molecule has 0 bridgehead atoms. The maximum Gasteiger partial charge on any atom is 0.347 e. The average molecular weight is 337 g/mol. The Morgan fingerprint density at radius 1 is 1.04 bits per heavy atom. The zero-order chi connectivity index (χ0) is 17.8. The lowest BCUT2D eigenvalue weighted by molar-refractivity contribution is -0.119. The van der Waals surface area contributed by atoms with Crippen molar-refractivity contribution in [2.45, 2.75) is 0 Å². The fourth-order valence-corrected chi connectivity index (χ4v) is 2.26. The van der Waals surface area contributed by atoms with Gasteiger partial charge in [-0.25, -0.2) is 4.79 Å². The van der Waals surface area contributed by atoms with Crippen LogP contribution in [0.15, 0.2) is 69.0 Å². The molecule has 0 fully saturated rings. The summed E-state index contributed by atoms with van der Waals surface area (Å²) in [6.45, 7) is -0.510. The average Bonchev–Trinajstić information content (AvgIpc) is 2.65. The molecule has 7 nitrogen and oxygen atoms in total. The zero-order valence-corrected chi connectivity index (χ0v) is 12.8. The van der Waals surface area contributed by atoms with Gasteiger partial charge in [0, 0.05) is 22.2 Å². The minimum Gasteiger partial charge on any atom is -0.483 e. The number of rotatable bonds is 5. The van der Waals surface area contributed by atoms with E-state index in [1.165, 1.54) is 18.2 Å². The van der Waals surface area contributed by atoms with Gasteiger partial charge in [0.2, 0.25) is 0 Å². The highest BCUT2D eigenvalue weighted by molar-refractivity contribution is 6.09. The summed E-state index contributed by atoms with van der Waals surface area (Å²) in [6.07, 6.45) is 0. The van der Waals surface area contributed by atoms with Gasteiger partial charge in [0.05, 0.1) is 0 Å². The largest absolute Gasteiger partial charge is 0.483 e. The van der Waals surface area contributed by atoms with Gasteiger partial charge in [0.1, 0.15) is 16.9 Å². The number of benzene rings is 2. The molecule has 0 unspecified atom stereocenters. The van der Waals surface area contributed by atoms with Crippen LogP contribution in [0.25, 0.3) is 11.0 Å². The smallest absolute Gasteiger partial charge is 0.347 e.